The van der Waals surface area contributed by atoms with Gasteiger partial charge in [-0.25, -0.2) is 0 Å². The summed E-state index contributed by atoms with van der Waals surface area (Å²) in [4.78, 5) is 2.59. The standard InChI is InChI=1S/C57H59N/c1-37-32-43(39-12-6-4-7-13-39)26-30-48(37)50-17-11-18-51-49-31-29-47(36-54(49)57(2,3)56(50)51)58(46-27-24-42(25-28-46)52-34-38-20-21-45(52)33-38)55-19-10-16-41-22-23-44(35-53(41)55)40-14-8-5-9-15-40/h4,6,10-12,16-19,22-32,35-38,40,45,48,52H,5,7-9,13-15,20-21,33-34H2,1-3H3. The molecule has 58 heavy (non-hydrogen) atoms. The molecule has 0 saturated heterocycles. The largest absolute Gasteiger partial charge is 0.310 e. The van der Waals surface area contributed by atoms with E-state index in [9.17, 15) is 0 Å². The topological polar surface area (TPSA) is 3.24 Å². The van der Waals surface area contributed by atoms with Gasteiger partial charge in [0.05, 0.1) is 5.69 Å². The van der Waals surface area contributed by atoms with Crippen LogP contribution >= 0.6 is 0 Å². The number of hydrogen-bond acceptors (Lipinski definition) is 1. The number of anilines is 3. The van der Waals surface area contributed by atoms with Crippen LogP contribution in [0.3, 0.4) is 0 Å². The molecule has 5 aromatic carbocycles. The average Bonchev–Trinajstić information content (AvgIpc) is 3.97. The predicted molar refractivity (Wildman–Crippen MR) is 246 cm³/mol. The molecule has 6 aliphatic carbocycles. The van der Waals surface area contributed by atoms with Crippen LogP contribution in [0.4, 0.5) is 17.1 Å². The van der Waals surface area contributed by atoms with Gasteiger partial charge in [0.2, 0.25) is 0 Å². The van der Waals surface area contributed by atoms with Crippen LogP contribution in [0.5, 0.6) is 0 Å². The molecule has 1 nitrogen and oxygen atoms in total. The smallest absolute Gasteiger partial charge is 0.0540 e. The van der Waals surface area contributed by atoms with E-state index in [1.807, 2.05) is 0 Å². The van der Waals surface area contributed by atoms with Gasteiger partial charge in [0, 0.05) is 28.1 Å². The molecule has 1 heteroatoms. The van der Waals surface area contributed by atoms with Crippen molar-refractivity contribution in [3.05, 3.63) is 172 Å². The Hall–Kier alpha value is -4.88. The lowest BCUT2D eigenvalue weighted by atomic mass is 9.73. The number of rotatable bonds is 7. The maximum Gasteiger partial charge on any atom is 0.0540 e. The van der Waals surface area contributed by atoms with E-state index in [0.29, 0.717) is 17.8 Å². The first-order valence-electron chi connectivity index (χ1n) is 22.9. The third-order valence-electron chi connectivity index (χ3n) is 15.7. The third kappa shape index (κ3) is 6.10. The van der Waals surface area contributed by atoms with Crippen molar-refractivity contribution in [2.45, 2.75) is 115 Å². The van der Waals surface area contributed by atoms with Crippen LogP contribution in [0.2, 0.25) is 0 Å². The highest BCUT2D eigenvalue weighted by molar-refractivity contribution is 6.00. The molecule has 0 radical (unpaired) electrons. The number of fused-ring (bicyclic) bond motifs is 6. The van der Waals surface area contributed by atoms with E-state index >= 15 is 0 Å². The van der Waals surface area contributed by atoms with Crippen molar-refractivity contribution in [3.63, 3.8) is 0 Å². The highest BCUT2D eigenvalue weighted by Crippen LogP contribution is 2.56. The first-order chi connectivity index (χ1) is 28.4. The summed E-state index contributed by atoms with van der Waals surface area (Å²) in [7, 11) is 0. The van der Waals surface area contributed by atoms with E-state index in [4.69, 9.17) is 0 Å². The summed E-state index contributed by atoms with van der Waals surface area (Å²) in [5, 5.41) is 2.68. The lowest BCUT2D eigenvalue weighted by Crippen LogP contribution is -2.21. The Morgan fingerprint density at radius 2 is 1.55 bits per heavy atom. The normalized spacial score (nSPS) is 25.7. The monoisotopic (exact) mass is 757 g/mol. The van der Waals surface area contributed by atoms with Gasteiger partial charge in [0.25, 0.3) is 0 Å². The molecule has 11 rings (SSSR count). The van der Waals surface area contributed by atoms with Crippen molar-refractivity contribution in [2.75, 3.05) is 4.90 Å². The fourth-order valence-corrected chi connectivity index (χ4v) is 12.7. The first kappa shape index (κ1) is 36.2. The molecule has 2 bridgehead atoms. The molecule has 0 aromatic heterocycles. The maximum atomic E-state index is 2.59. The zero-order valence-corrected chi connectivity index (χ0v) is 34.9. The molecule has 3 fully saturated rings. The van der Waals surface area contributed by atoms with Crippen molar-refractivity contribution >= 4 is 27.8 Å². The summed E-state index contributed by atoms with van der Waals surface area (Å²) in [5.74, 6) is 4.00. The summed E-state index contributed by atoms with van der Waals surface area (Å²) < 4.78 is 0. The summed E-state index contributed by atoms with van der Waals surface area (Å²) in [6.07, 6.45) is 28.9. The van der Waals surface area contributed by atoms with Gasteiger partial charge in [-0.3, -0.25) is 0 Å². The summed E-state index contributed by atoms with van der Waals surface area (Å²) >= 11 is 0. The average molecular weight is 758 g/mol. The molecule has 0 aliphatic heterocycles. The quantitative estimate of drug-likeness (QED) is 0.160. The van der Waals surface area contributed by atoms with Crippen molar-refractivity contribution in [1.29, 1.82) is 0 Å². The van der Waals surface area contributed by atoms with E-state index in [1.54, 1.807) is 5.56 Å². The summed E-state index contributed by atoms with van der Waals surface area (Å²) in [6.45, 7) is 7.38. The number of hydrogen-bond donors (Lipinski definition) is 0. The van der Waals surface area contributed by atoms with Crippen molar-refractivity contribution < 1.29 is 0 Å². The van der Waals surface area contributed by atoms with Crippen LogP contribution in [0.25, 0.3) is 21.9 Å². The number of nitrogens with zero attached hydrogens (tertiary/aromatic N) is 1. The zero-order chi connectivity index (χ0) is 39.0. The lowest BCUT2D eigenvalue weighted by molar-refractivity contribution is 0.420. The van der Waals surface area contributed by atoms with Crippen molar-refractivity contribution in [1.82, 2.24) is 0 Å². The SMILES string of the molecule is CC1C=C(C2=CC=CCC2)C=CC1c1cccc2c1C(C)(C)c1cc(N(c3ccc(C4CC5CCC4C5)cc3)c3cccc4ccc(C5CCCCC5)cc34)ccc1-2. The van der Waals surface area contributed by atoms with Crippen molar-refractivity contribution in [3.8, 4) is 11.1 Å². The van der Waals surface area contributed by atoms with Gasteiger partial charge in [-0.1, -0.05) is 144 Å². The van der Waals surface area contributed by atoms with Gasteiger partial charge in [-0.2, -0.15) is 0 Å². The van der Waals surface area contributed by atoms with E-state index in [0.717, 1.165) is 30.6 Å². The van der Waals surface area contributed by atoms with Crippen LogP contribution in [0.15, 0.2) is 145 Å². The van der Waals surface area contributed by atoms with Gasteiger partial charge < -0.3 is 4.90 Å². The Balaban J connectivity index is 1.00. The van der Waals surface area contributed by atoms with E-state index in [1.165, 1.54) is 130 Å². The first-order valence-corrected chi connectivity index (χ1v) is 22.9. The molecule has 5 atom stereocenters. The number of allylic oxidation sites excluding steroid dienone is 8. The van der Waals surface area contributed by atoms with Crippen molar-refractivity contribution in [2.24, 2.45) is 17.8 Å². The predicted octanol–water partition coefficient (Wildman–Crippen LogP) is 16.1. The second kappa shape index (κ2) is 14.4. The Morgan fingerprint density at radius 1 is 0.724 bits per heavy atom. The molecular formula is C57H59N. The fraction of sp³-hybridized carbons (Fsp3) is 0.368. The maximum absolute atomic E-state index is 2.59. The van der Waals surface area contributed by atoms with Gasteiger partial charge in [-0.05, 0) is 166 Å². The van der Waals surface area contributed by atoms with Crippen LogP contribution in [0, 0.1) is 17.8 Å². The summed E-state index contributed by atoms with van der Waals surface area (Å²) in [5.41, 5.74) is 16.8. The fourth-order valence-electron chi connectivity index (χ4n) is 12.7. The van der Waals surface area contributed by atoms with Crippen LogP contribution in [-0.2, 0) is 5.41 Å². The highest BCUT2D eigenvalue weighted by atomic mass is 15.1. The molecule has 5 unspecified atom stereocenters. The van der Waals surface area contributed by atoms with Crippen LogP contribution < -0.4 is 4.90 Å². The second-order valence-corrected chi connectivity index (χ2v) is 19.5. The van der Waals surface area contributed by atoms with E-state index in [2.05, 4.69) is 159 Å². The molecule has 3 saturated carbocycles. The van der Waals surface area contributed by atoms with Gasteiger partial charge >= 0.3 is 0 Å². The molecule has 5 aromatic rings. The second-order valence-electron chi connectivity index (χ2n) is 19.5. The van der Waals surface area contributed by atoms with Gasteiger partial charge in [0.15, 0.2) is 0 Å². The summed E-state index contributed by atoms with van der Waals surface area (Å²) in [6, 6.07) is 38.7. The molecule has 6 aliphatic rings. The van der Waals surface area contributed by atoms with Crippen LogP contribution in [-0.4, -0.2) is 0 Å². The number of benzene rings is 5. The Kier molecular flexibility index (Phi) is 9.02. The van der Waals surface area contributed by atoms with Crippen LogP contribution in [0.1, 0.15) is 137 Å². The van der Waals surface area contributed by atoms with E-state index < -0.39 is 0 Å². The highest BCUT2D eigenvalue weighted by Gasteiger charge is 2.41. The third-order valence-corrected chi connectivity index (χ3v) is 15.7. The Labute approximate surface area is 347 Å². The Morgan fingerprint density at radius 3 is 2.33 bits per heavy atom. The minimum Gasteiger partial charge on any atom is -0.310 e. The molecule has 0 amide bonds. The van der Waals surface area contributed by atoms with Gasteiger partial charge in [0.1, 0.15) is 0 Å². The molecule has 0 spiro atoms. The minimum atomic E-state index is -0.143. The Bertz CT molecular complexity index is 2510. The molecule has 292 valence electrons. The van der Waals surface area contributed by atoms with Gasteiger partial charge in [-0.15, -0.1) is 0 Å². The molecular weight excluding hydrogens is 699 g/mol. The zero-order valence-electron chi connectivity index (χ0n) is 34.9. The minimum absolute atomic E-state index is 0.143. The lowest BCUT2D eigenvalue weighted by Gasteiger charge is -2.32. The molecule has 0 N–H and O–H groups in total. The van der Waals surface area contributed by atoms with E-state index in [-0.39, 0.29) is 5.41 Å². The molecule has 0 heterocycles.